The zero-order chi connectivity index (χ0) is 16.8. The van der Waals surface area contributed by atoms with E-state index in [-0.39, 0.29) is 17.3 Å². The summed E-state index contributed by atoms with van der Waals surface area (Å²) in [5.74, 6) is -0.289. The summed E-state index contributed by atoms with van der Waals surface area (Å²) >= 11 is 0. The number of aromatic hydroxyl groups is 1. The van der Waals surface area contributed by atoms with Crippen molar-refractivity contribution in [3.05, 3.63) is 65.6 Å². The zero-order valence-corrected chi connectivity index (χ0v) is 12.8. The summed E-state index contributed by atoms with van der Waals surface area (Å²) in [6.07, 6.45) is 1.73. The molecular formula is C18H13FN3O2+. The third-order valence-corrected chi connectivity index (χ3v) is 4.19. The second-order valence-corrected chi connectivity index (χ2v) is 5.60. The van der Waals surface area contributed by atoms with Crippen molar-refractivity contribution in [2.45, 2.75) is 0 Å². The van der Waals surface area contributed by atoms with Gasteiger partial charge in [-0.15, -0.1) is 4.91 Å². The van der Waals surface area contributed by atoms with Crippen LogP contribution < -0.4 is 4.57 Å². The fraction of sp³-hybridized carbons (Fsp3) is 0.0556. The predicted octanol–water partition coefficient (Wildman–Crippen LogP) is 3.85. The Hall–Kier alpha value is -3.28. The average molecular weight is 322 g/mol. The van der Waals surface area contributed by atoms with Crippen LogP contribution in [0, 0.1) is 10.7 Å². The SMILES string of the molecule is C[n+]1cn(-c2ccc(F)cc2)c2c(O)c3ccccc3c(N=O)c21. The van der Waals surface area contributed by atoms with Crippen molar-refractivity contribution in [3.8, 4) is 11.4 Å². The van der Waals surface area contributed by atoms with E-state index in [1.54, 1.807) is 58.9 Å². The number of imidazole rings is 1. The number of halogens is 1. The van der Waals surface area contributed by atoms with Gasteiger partial charge in [-0.1, -0.05) is 24.3 Å². The Balaban J connectivity index is 2.20. The van der Waals surface area contributed by atoms with E-state index in [1.165, 1.54) is 12.1 Å². The van der Waals surface area contributed by atoms with Crippen LogP contribution in [0.25, 0.3) is 27.5 Å². The van der Waals surface area contributed by atoms with Crippen molar-refractivity contribution in [2.24, 2.45) is 12.2 Å². The number of nitrogens with zero attached hydrogens (tertiary/aromatic N) is 3. The van der Waals surface area contributed by atoms with Crippen LogP contribution in [0.3, 0.4) is 0 Å². The van der Waals surface area contributed by atoms with Crippen LogP contribution in [0.4, 0.5) is 10.1 Å². The molecule has 0 saturated carbocycles. The van der Waals surface area contributed by atoms with Crippen molar-refractivity contribution >= 4 is 27.5 Å². The van der Waals surface area contributed by atoms with Crippen LogP contribution in [-0.2, 0) is 7.05 Å². The van der Waals surface area contributed by atoms with Crippen LogP contribution in [0.5, 0.6) is 5.75 Å². The standard InChI is InChI=1S/C18H12FN3O2/c1-21-10-22(12-8-6-11(19)7-9-12)17-16(21)15(20-24)13-4-2-3-5-14(13)18(17)23/h2-10H,1H3/p+1. The summed E-state index contributed by atoms with van der Waals surface area (Å²) in [6, 6.07) is 13.0. The molecule has 4 rings (SSSR count). The molecule has 0 radical (unpaired) electrons. The molecule has 0 spiro atoms. The Morgan fingerprint density at radius 3 is 2.42 bits per heavy atom. The minimum Gasteiger partial charge on any atom is -0.503 e. The predicted molar refractivity (Wildman–Crippen MR) is 89.0 cm³/mol. The van der Waals surface area contributed by atoms with Crippen molar-refractivity contribution < 1.29 is 14.1 Å². The van der Waals surface area contributed by atoms with E-state index in [4.69, 9.17) is 0 Å². The number of aromatic nitrogens is 2. The van der Waals surface area contributed by atoms with E-state index in [0.29, 0.717) is 27.5 Å². The summed E-state index contributed by atoms with van der Waals surface area (Å²) in [6.45, 7) is 0. The molecule has 0 bridgehead atoms. The normalized spacial score (nSPS) is 11.2. The molecular weight excluding hydrogens is 309 g/mol. The highest BCUT2D eigenvalue weighted by atomic mass is 19.1. The fourth-order valence-electron chi connectivity index (χ4n) is 3.12. The van der Waals surface area contributed by atoms with E-state index in [9.17, 15) is 14.4 Å². The molecule has 0 atom stereocenters. The molecule has 0 aliphatic heterocycles. The third-order valence-electron chi connectivity index (χ3n) is 4.19. The first-order valence-electron chi connectivity index (χ1n) is 7.35. The summed E-state index contributed by atoms with van der Waals surface area (Å²) in [4.78, 5) is 11.5. The van der Waals surface area contributed by atoms with Crippen LogP contribution in [-0.4, -0.2) is 9.67 Å². The number of aryl methyl sites for hydroxylation is 1. The number of benzene rings is 3. The molecule has 0 aliphatic carbocycles. The second kappa shape index (κ2) is 5.13. The number of rotatable bonds is 2. The lowest BCUT2D eigenvalue weighted by Gasteiger charge is -2.05. The monoisotopic (exact) mass is 322 g/mol. The van der Waals surface area contributed by atoms with E-state index < -0.39 is 0 Å². The van der Waals surface area contributed by atoms with Gasteiger partial charge in [0.15, 0.2) is 11.4 Å². The Morgan fingerprint density at radius 1 is 1.08 bits per heavy atom. The molecule has 6 heteroatoms. The number of phenolic OH excluding ortho intramolecular Hbond substituents is 1. The third kappa shape index (κ3) is 1.89. The first-order chi connectivity index (χ1) is 11.6. The molecule has 0 saturated heterocycles. The molecule has 118 valence electrons. The molecule has 1 heterocycles. The van der Waals surface area contributed by atoms with Gasteiger partial charge in [0.1, 0.15) is 11.5 Å². The number of fused-ring (bicyclic) bond motifs is 2. The van der Waals surface area contributed by atoms with Gasteiger partial charge in [-0.3, -0.25) is 0 Å². The van der Waals surface area contributed by atoms with Gasteiger partial charge in [-0.25, -0.2) is 8.96 Å². The van der Waals surface area contributed by atoms with Crippen molar-refractivity contribution in [2.75, 3.05) is 0 Å². The lowest BCUT2D eigenvalue weighted by Crippen LogP contribution is -2.25. The Bertz CT molecular complexity index is 1100. The largest absolute Gasteiger partial charge is 0.503 e. The molecule has 1 aromatic heterocycles. The maximum absolute atomic E-state index is 13.2. The van der Waals surface area contributed by atoms with Gasteiger partial charge in [0.2, 0.25) is 17.4 Å². The summed E-state index contributed by atoms with van der Waals surface area (Å²) in [5, 5.41) is 15.1. The van der Waals surface area contributed by atoms with Crippen molar-refractivity contribution in [3.63, 3.8) is 0 Å². The lowest BCUT2D eigenvalue weighted by molar-refractivity contribution is -0.645. The molecule has 3 aromatic carbocycles. The molecule has 0 unspecified atom stereocenters. The first kappa shape index (κ1) is 14.3. The van der Waals surface area contributed by atoms with E-state index >= 15 is 0 Å². The van der Waals surface area contributed by atoms with E-state index in [2.05, 4.69) is 5.18 Å². The number of hydrogen-bond donors (Lipinski definition) is 1. The molecule has 0 amide bonds. The minimum absolute atomic E-state index is 0.0536. The van der Waals surface area contributed by atoms with Gasteiger partial charge < -0.3 is 5.11 Å². The average Bonchev–Trinajstić information content (AvgIpc) is 2.94. The molecule has 0 fully saturated rings. The smallest absolute Gasteiger partial charge is 0.249 e. The van der Waals surface area contributed by atoms with E-state index in [1.807, 2.05) is 0 Å². The van der Waals surface area contributed by atoms with Gasteiger partial charge >= 0.3 is 0 Å². The van der Waals surface area contributed by atoms with Gasteiger partial charge in [0.25, 0.3) is 0 Å². The maximum Gasteiger partial charge on any atom is 0.249 e. The Labute approximate surface area is 136 Å². The van der Waals surface area contributed by atoms with Crippen molar-refractivity contribution in [1.29, 1.82) is 0 Å². The highest BCUT2D eigenvalue weighted by Crippen LogP contribution is 2.41. The zero-order valence-electron chi connectivity index (χ0n) is 12.8. The highest BCUT2D eigenvalue weighted by Gasteiger charge is 2.26. The van der Waals surface area contributed by atoms with E-state index in [0.717, 1.165) is 0 Å². The molecule has 0 aliphatic rings. The maximum atomic E-state index is 13.2. The van der Waals surface area contributed by atoms with Gasteiger partial charge in [-0.2, -0.15) is 4.57 Å². The molecule has 4 aromatic rings. The van der Waals surface area contributed by atoms with Crippen LogP contribution in [0.2, 0.25) is 0 Å². The Morgan fingerprint density at radius 2 is 1.75 bits per heavy atom. The lowest BCUT2D eigenvalue weighted by atomic mass is 10.1. The quantitative estimate of drug-likeness (QED) is 0.450. The topological polar surface area (TPSA) is 58.5 Å². The second-order valence-electron chi connectivity index (χ2n) is 5.60. The highest BCUT2D eigenvalue weighted by molar-refractivity contribution is 6.11. The molecule has 1 N–H and O–H groups in total. The summed E-state index contributed by atoms with van der Waals surface area (Å²) < 4.78 is 16.6. The summed E-state index contributed by atoms with van der Waals surface area (Å²) in [5.41, 5.74) is 1.91. The van der Waals surface area contributed by atoms with Crippen LogP contribution in [0.15, 0.2) is 60.0 Å². The number of hydrogen-bond acceptors (Lipinski definition) is 3. The summed E-state index contributed by atoms with van der Waals surface area (Å²) in [7, 11) is 1.77. The van der Waals surface area contributed by atoms with Gasteiger partial charge in [0.05, 0.1) is 7.05 Å². The Kier molecular flexibility index (Phi) is 3.06. The van der Waals surface area contributed by atoms with Crippen LogP contribution in [0.1, 0.15) is 0 Å². The molecule has 24 heavy (non-hydrogen) atoms. The minimum atomic E-state index is -0.343. The molecule has 5 nitrogen and oxygen atoms in total. The van der Waals surface area contributed by atoms with Gasteiger partial charge in [-0.05, 0) is 29.4 Å². The fourth-order valence-corrected chi connectivity index (χ4v) is 3.12. The van der Waals surface area contributed by atoms with Gasteiger partial charge in [0, 0.05) is 10.8 Å². The first-order valence-corrected chi connectivity index (χ1v) is 7.35. The van der Waals surface area contributed by atoms with Crippen molar-refractivity contribution in [1.82, 2.24) is 4.57 Å². The van der Waals surface area contributed by atoms with Crippen LogP contribution >= 0.6 is 0 Å². The number of phenols is 1. The number of nitroso groups, excluding NO2 is 1.